The second kappa shape index (κ2) is 4.83. The highest BCUT2D eigenvalue weighted by Crippen LogP contribution is 2.37. The van der Waals surface area contributed by atoms with E-state index in [1.165, 1.54) is 26.4 Å². The Morgan fingerprint density at radius 3 is 2.00 bits per heavy atom. The third-order valence-corrected chi connectivity index (χ3v) is 2.46. The number of halogens is 3. The van der Waals surface area contributed by atoms with Crippen molar-refractivity contribution < 1.29 is 22.6 Å². The first-order valence-electron chi connectivity index (χ1n) is 4.86. The molecule has 0 unspecified atom stereocenters. The molecular weight excluding hydrogens is 235 g/mol. The molecule has 3 nitrogen and oxygen atoms in total. The lowest BCUT2D eigenvalue weighted by Gasteiger charge is -2.20. The van der Waals surface area contributed by atoms with Crippen molar-refractivity contribution in [3.8, 4) is 11.5 Å². The highest BCUT2D eigenvalue weighted by Gasteiger charge is 2.39. The lowest BCUT2D eigenvalue weighted by atomic mass is 10.0. The predicted molar refractivity (Wildman–Crippen MR) is 57.3 cm³/mol. The molecule has 1 rings (SSSR count). The van der Waals surface area contributed by atoms with E-state index in [-0.39, 0.29) is 11.3 Å². The van der Waals surface area contributed by atoms with Crippen LogP contribution in [0, 0.1) is 6.92 Å². The van der Waals surface area contributed by atoms with Crippen LogP contribution in [-0.2, 0) is 0 Å². The Morgan fingerprint density at radius 1 is 1.12 bits per heavy atom. The maximum Gasteiger partial charge on any atom is 0.407 e. The Hall–Kier alpha value is -1.43. The van der Waals surface area contributed by atoms with Gasteiger partial charge in [0.15, 0.2) is 11.5 Å². The molecule has 0 aliphatic heterocycles. The van der Waals surface area contributed by atoms with Gasteiger partial charge in [0.05, 0.1) is 14.2 Å². The van der Waals surface area contributed by atoms with E-state index in [0.717, 1.165) is 0 Å². The average Bonchev–Trinajstić information content (AvgIpc) is 2.26. The van der Waals surface area contributed by atoms with Crippen LogP contribution in [0.25, 0.3) is 0 Å². The van der Waals surface area contributed by atoms with Crippen molar-refractivity contribution in [1.82, 2.24) is 0 Å². The molecule has 0 spiro atoms. The summed E-state index contributed by atoms with van der Waals surface area (Å²) in [6.07, 6.45) is -4.48. The zero-order valence-corrected chi connectivity index (χ0v) is 9.76. The molecule has 0 saturated heterocycles. The summed E-state index contributed by atoms with van der Waals surface area (Å²) in [7, 11) is 2.77. The standard InChI is InChI=1S/C11H14F3NO2/c1-6-4-8(16-2)9(17-3)5-7(6)10(15)11(12,13)14/h4-5,10H,15H2,1-3H3/t10-/m0/s1. The minimum Gasteiger partial charge on any atom is -0.493 e. The fourth-order valence-electron chi connectivity index (χ4n) is 1.51. The van der Waals surface area contributed by atoms with Crippen LogP contribution in [0.3, 0.4) is 0 Å². The van der Waals surface area contributed by atoms with Gasteiger partial charge in [0.2, 0.25) is 0 Å². The van der Waals surface area contributed by atoms with E-state index < -0.39 is 12.2 Å². The molecule has 96 valence electrons. The number of ether oxygens (including phenoxy) is 2. The fourth-order valence-corrected chi connectivity index (χ4v) is 1.51. The number of nitrogens with two attached hydrogens (primary N) is 1. The van der Waals surface area contributed by atoms with E-state index in [1.807, 2.05) is 0 Å². The van der Waals surface area contributed by atoms with Crippen molar-refractivity contribution in [3.05, 3.63) is 23.3 Å². The molecule has 1 atom stereocenters. The number of aryl methyl sites for hydroxylation is 1. The third-order valence-electron chi connectivity index (χ3n) is 2.46. The molecule has 0 bridgehead atoms. The highest BCUT2D eigenvalue weighted by molar-refractivity contribution is 5.48. The van der Waals surface area contributed by atoms with E-state index >= 15 is 0 Å². The van der Waals surface area contributed by atoms with Crippen LogP contribution in [0.2, 0.25) is 0 Å². The Bertz CT molecular complexity index is 404. The van der Waals surface area contributed by atoms with Crippen molar-refractivity contribution in [1.29, 1.82) is 0 Å². The lowest BCUT2D eigenvalue weighted by Crippen LogP contribution is -2.29. The van der Waals surface area contributed by atoms with Crippen LogP contribution in [-0.4, -0.2) is 20.4 Å². The van der Waals surface area contributed by atoms with Gasteiger partial charge in [-0.15, -0.1) is 0 Å². The minimum absolute atomic E-state index is 0.0184. The molecule has 0 fully saturated rings. The van der Waals surface area contributed by atoms with Crippen LogP contribution < -0.4 is 15.2 Å². The summed E-state index contributed by atoms with van der Waals surface area (Å²) < 4.78 is 47.5. The molecule has 0 heterocycles. The quantitative estimate of drug-likeness (QED) is 0.895. The molecule has 2 N–H and O–H groups in total. The Balaban J connectivity index is 3.26. The number of alkyl halides is 3. The average molecular weight is 249 g/mol. The van der Waals surface area contributed by atoms with Gasteiger partial charge in [0.25, 0.3) is 0 Å². The first-order chi connectivity index (χ1) is 7.81. The summed E-state index contributed by atoms with van der Waals surface area (Å²) >= 11 is 0. The maximum absolute atomic E-state index is 12.5. The van der Waals surface area contributed by atoms with Crippen molar-refractivity contribution in [2.24, 2.45) is 5.73 Å². The number of methoxy groups -OCH3 is 2. The molecule has 17 heavy (non-hydrogen) atoms. The van der Waals surface area contributed by atoms with Crippen molar-refractivity contribution in [3.63, 3.8) is 0 Å². The molecule has 0 amide bonds. The molecular formula is C11H14F3NO2. The summed E-state index contributed by atoms with van der Waals surface area (Å²) in [5.41, 5.74) is 5.56. The second-order valence-corrected chi connectivity index (χ2v) is 3.58. The first kappa shape index (κ1) is 13.6. The predicted octanol–water partition coefficient (Wildman–Crippen LogP) is 2.57. The summed E-state index contributed by atoms with van der Waals surface area (Å²) in [5.74, 6) is 0.607. The van der Waals surface area contributed by atoms with Crippen LogP contribution >= 0.6 is 0 Å². The first-order valence-corrected chi connectivity index (χ1v) is 4.86. The van der Waals surface area contributed by atoms with Gasteiger partial charge in [0, 0.05) is 0 Å². The smallest absolute Gasteiger partial charge is 0.407 e. The molecule has 0 aromatic heterocycles. The topological polar surface area (TPSA) is 44.5 Å². The van der Waals surface area contributed by atoms with E-state index in [9.17, 15) is 13.2 Å². The summed E-state index contributed by atoms with van der Waals surface area (Å²) in [6, 6.07) is 0.703. The van der Waals surface area contributed by atoms with Crippen LogP contribution in [0.1, 0.15) is 17.2 Å². The van der Waals surface area contributed by atoms with Crippen molar-refractivity contribution in [2.45, 2.75) is 19.1 Å². The fraction of sp³-hybridized carbons (Fsp3) is 0.455. The van der Waals surface area contributed by atoms with Gasteiger partial charge in [-0.05, 0) is 30.2 Å². The number of hydrogen-bond acceptors (Lipinski definition) is 3. The maximum atomic E-state index is 12.5. The number of benzene rings is 1. The zero-order chi connectivity index (χ0) is 13.2. The van der Waals surface area contributed by atoms with Crippen LogP contribution in [0.4, 0.5) is 13.2 Å². The zero-order valence-electron chi connectivity index (χ0n) is 9.76. The van der Waals surface area contributed by atoms with Gasteiger partial charge < -0.3 is 15.2 Å². The monoisotopic (exact) mass is 249 g/mol. The second-order valence-electron chi connectivity index (χ2n) is 3.58. The molecule has 0 aliphatic carbocycles. The highest BCUT2D eigenvalue weighted by atomic mass is 19.4. The normalized spacial score (nSPS) is 13.4. The van der Waals surface area contributed by atoms with Gasteiger partial charge in [-0.25, -0.2) is 0 Å². The van der Waals surface area contributed by atoms with E-state index in [0.29, 0.717) is 11.3 Å². The minimum atomic E-state index is -4.48. The van der Waals surface area contributed by atoms with Gasteiger partial charge in [-0.1, -0.05) is 0 Å². The Kier molecular flexibility index (Phi) is 3.87. The van der Waals surface area contributed by atoms with Gasteiger partial charge in [0.1, 0.15) is 6.04 Å². The molecule has 0 saturated carbocycles. The molecule has 1 aromatic rings. The van der Waals surface area contributed by atoms with Crippen molar-refractivity contribution >= 4 is 0 Å². The summed E-state index contributed by atoms with van der Waals surface area (Å²) in [5, 5.41) is 0. The third kappa shape index (κ3) is 2.82. The summed E-state index contributed by atoms with van der Waals surface area (Å²) in [4.78, 5) is 0. The number of rotatable bonds is 3. The summed E-state index contributed by atoms with van der Waals surface area (Å²) in [6.45, 7) is 1.54. The van der Waals surface area contributed by atoms with Gasteiger partial charge in [-0.2, -0.15) is 13.2 Å². The van der Waals surface area contributed by atoms with Gasteiger partial charge >= 0.3 is 6.18 Å². The SMILES string of the molecule is COc1cc(C)c([C@H](N)C(F)(F)F)cc1OC. The van der Waals surface area contributed by atoms with E-state index in [1.54, 1.807) is 6.92 Å². The van der Waals surface area contributed by atoms with E-state index in [4.69, 9.17) is 15.2 Å². The largest absolute Gasteiger partial charge is 0.493 e. The lowest BCUT2D eigenvalue weighted by molar-refractivity contribution is -0.149. The Labute approximate surface area is 97.3 Å². The molecule has 0 radical (unpaired) electrons. The Morgan fingerprint density at radius 2 is 1.59 bits per heavy atom. The van der Waals surface area contributed by atoms with E-state index in [2.05, 4.69) is 0 Å². The molecule has 0 aliphatic rings. The molecule has 1 aromatic carbocycles. The molecule has 6 heteroatoms. The van der Waals surface area contributed by atoms with Crippen molar-refractivity contribution in [2.75, 3.05) is 14.2 Å². The van der Waals surface area contributed by atoms with Crippen LogP contribution in [0.15, 0.2) is 12.1 Å². The number of hydrogen-bond donors (Lipinski definition) is 1. The van der Waals surface area contributed by atoms with Gasteiger partial charge in [-0.3, -0.25) is 0 Å². The van der Waals surface area contributed by atoms with Crippen LogP contribution in [0.5, 0.6) is 11.5 Å².